The van der Waals surface area contributed by atoms with Crippen LogP contribution >= 0.6 is 0 Å². The molecule has 0 saturated carbocycles. The van der Waals surface area contributed by atoms with E-state index >= 15 is 0 Å². The van der Waals surface area contributed by atoms with Crippen LogP contribution in [0, 0.1) is 5.92 Å². The predicted molar refractivity (Wildman–Crippen MR) is 62.2 cm³/mol. The lowest BCUT2D eigenvalue weighted by Gasteiger charge is -2.36. The highest BCUT2D eigenvalue weighted by atomic mass is 16.2. The van der Waals surface area contributed by atoms with Crippen LogP contribution in [-0.4, -0.2) is 47.9 Å². The van der Waals surface area contributed by atoms with Crippen molar-refractivity contribution in [3.63, 3.8) is 0 Å². The molecular formula is C12H19N3O2. The van der Waals surface area contributed by atoms with Gasteiger partial charge < -0.3 is 15.5 Å². The molecule has 2 amide bonds. The van der Waals surface area contributed by atoms with E-state index in [0.29, 0.717) is 25.2 Å². The van der Waals surface area contributed by atoms with E-state index in [-0.39, 0.29) is 23.8 Å². The first-order valence-corrected chi connectivity index (χ1v) is 6.51. The monoisotopic (exact) mass is 237 g/mol. The average molecular weight is 237 g/mol. The number of nitrogens with zero attached hydrogens (tertiary/aromatic N) is 1. The molecular weight excluding hydrogens is 218 g/mol. The second-order valence-corrected chi connectivity index (χ2v) is 5.39. The summed E-state index contributed by atoms with van der Waals surface area (Å²) in [5.74, 6) is 0.245. The van der Waals surface area contributed by atoms with Crippen molar-refractivity contribution in [3.05, 3.63) is 0 Å². The first kappa shape index (κ1) is 11.0. The smallest absolute Gasteiger partial charge is 0.242 e. The minimum absolute atomic E-state index is 0.0271. The molecule has 3 saturated heterocycles. The molecule has 3 fully saturated rings. The molecule has 0 spiro atoms. The number of piperazine rings is 1. The number of carbonyl (C=O) groups excluding carboxylic acids is 2. The van der Waals surface area contributed by atoms with E-state index in [0.717, 1.165) is 12.8 Å². The normalized spacial score (nSPS) is 40.5. The third-order valence-corrected chi connectivity index (χ3v) is 4.40. The van der Waals surface area contributed by atoms with Crippen molar-refractivity contribution in [2.24, 2.45) is 5.92 Å². The second kappa shape index (κ2) is 3.98. The molecule has 3 aliphatic heterocycles. The maximum atomic E-state index is 12.5. The third kappa shape index (κ3) is 1.73. The van der Waals surface area contributed by atoms with Crippen LogP contribution in [0.15, 0.2) is 0 Å². The molecule has 2 bridgehead atoms. The minimum Gasteiger partial charge on any atom is -0.353 e. The van der Waals surface area contributed by atoms with E-state index in [1.807, 2.05) is 6.92 Å². The Morgan fingerprint density at radius 2 is 2.24 bits per heavy atom. The second-order valence-electron chi connectivity index (χ2n) is 5.39. The van der Waals surface area contributed by atoms with Crippen LogP contribution < -0.4 is 10.6 Å². The Bertz CT molecular complexity index is 358. The highest BCUT2D eigenvalue weighted by molar-refractivity contribution is 5.89. The summed E-state index contributed by atoms with van der Waals surface area (Å²) in [6.07, 6.45) is 3.26. The Kier molecular flexibility index (Phi) is 2.58. The molecule has 5 heteroatoms. The molecule has 3 aliphatic rings. The quantitative estimate of drug-likeness (QED) is 0.645. The van der Waals surface area contributed by atoms with Crippen LogP contribution in [0.3, 0.4) is 0 Å². The third-order valence-electron chi connectivity index (χ3n) is 4.40. The van der Waals surface area contributed by atoms with Crippen LogP contribution in [0.1, 0.15) is 26.2 Å². The van der Waals surface area contributed by atoms with Crippen molar-refractivity contribution in [1.82, 2.24) is 15.5 Å². The lowest BCUT2D eigenvalue weighted by molar-refractivity contribution is -0.146. The van der Waals surface area contributed by atoms with Gasteiger partial charge in [0.2, 0.25) is 11.8 Å². The van der Waals surface area contributed by atoms with Crippen LogP contribution in [-0.2, 0) is 9.59 Å². The Balaban J connectivity index is 1.71. The zero-order valence-electron chi connectivity index (χ0n) is 10.1. The van der Waals surface area contributed by atoms with Crippen molar-refractivity contribution in [3.8, 4) is 0 Å². The maximum absolute atomic E-state index is 12.5. The molecule has 3 rings (SSSR count). The molecule has 5 nitrogen and oxygen atoms in total. The number of fused-ring (bicyclic) bond motifs is 2. The fraction of sp³-hybridized carbons (Fsp3) is 0.833. The lowest BCUT2D eigenvalue weighted by Crippen LogP contribution is -2.58. The van der Waals surface area contributed by atoms with E-state index in [9.17, 15) is 9.59 Å². The molecule has 0 aromatic rings. The summed E-state index contributed by atoms with van der Waals surface area (Å²) in [4.78, 5) is 25.8. The Morgan fingerprint density at radius 1 is 1.41 bits per heavy atom. The summed E-state index contributed by atoms with van der Waals surface area (Å²) in [5.41, 5.74) is 0. The van der Waals surface area contributed by atoms with Gasteiger partial charge in [-0.1, -0.05) is 0 Å². The Labute approximate surface area is 101 Å². The number of rotatable bonds is 1. The summed E-state index contributed by atoms with van der Waals surface area (Å²) in [7, 11) is 0. The zero-order valence-corrected chi connectivity index (χ0v) is 10.1. The largest absolute Gasteiger partial charge is 0.353 e. The molecule has 0 aromatic carbocycles. The van der Waals surface area contributed by atoms with E-state index in [4.69, 9.17) is 0 Å². The van der Waals surface area contributed by atoms with Gasteiger partial charge in [-0.25, -0.2) is 0 Å². The van der Waals surface area contributed by atoms with Gasteiger partial charge in [0.05, 0.1) is 5.92 Å². The average Bonchev–Trinajstić information content (AvgIpc) is 2.94. The van der Waals surface area contributed by atoms with Crippen LogP contribution in [0.5, 0.6) is 0 Å². The molecule has 0 aliphatic carbocycles. The minimum atomic E-state index is -0.310. The molecule has 0 aromatic heterocycles. The summed E-state index contributed by atoms with van der Waals surface area (Å²) in [6.45, 7) is 3.05. The first-order valence-electron chi connectivity index (χ1n) is 6.51. The van der Waals surface area contributed by atoms with Gasteiger partial charge in [0.15, 0.2) is 0 Å². The number of nitrogens with one attached hydrogen (secondary N) is 2. The van der Waals surface area contributed by atoms with Crippen molar-refractivity contribution in [1.29, 1.82) is 0 Å². The van der Waals surface area contributed by atoms with Gasteiger partial charge in [0.25, 0.3) is 0 Å². The molecule has 4 atom stereocenters. The molecule has 2 N–H and O–H groups in total. The van der Waals surface area contributed by atoms with Crippen molar-refractivity contribution >= 4 is 11.8 Å². The van der Waals surface area contributed by atoms with Gasteiger partial charge in [0, 0.05) is 25.2 Å². The van der Waals surface area contributed by atoms with E-state index in [1.54, 1.807) is 4.90 Å². The molecule has 17 heavy (non-hydrogen) atoms. The van der Waals surface area contributed by atoms with Crippen molar-refractivity contribution in [2.45, 2.75) is 44.3 Å². The SMILES string of the molecule is CC1C(=O)NCCN1C(=O)C1CC2CCC1N2. The van der Waals surface area contributed by atoms with Gasteiger partial charge in [-0.2, -0.15) is 0 Å². The highest BCUT2D eigenvalue weighted by Crippen LogP contribution is 2.34. The van der Waals surface area contributed by atoms with Crippen molar-refractivity contribution < 1.29 is 9.59 Å². The Hall–Kier alpha value is -1.10. The summed E-state index contributed by atoms with van der Waals surface area (Å²) in [6, 6.07) is 0.572. The summed E-state index contributed by atoms with van der Waals surface area (Å²) < 4.78 is 0. The van der Waals surface area contributed by atoms with Crippen molar-refractivity contribution in [2.75, 3.05) is 13.1 Å². The van der Waals surface area contributed by atoms with Crippen LogP contribution in [0.4, 0.5) is 0 Å². The number of carbonyl (C=O) groups is 2. The lowest BCUT2D eigenvalue weighted by atomic mass is 9.87. The fourth-order valence-corrected chi connectivity index (χ4v) is 3.39. The standard InChI is InChI=1S/C12H19N3O2/c1-7-11(16)13-4-5-15(7)12(17)9-6-8-2-3-10(9)14-8/h7-10,14H,2-6H2,1H3,(H,13,16). The van der Waals surface area contributed by atoms with Gasteiger partial charge >= 0.3 is 0 Å². The zero-order chi connectivity index (χ0) is 12.0. The molecule has 3 heterocycles. The van der Waals surface area contributed by atoms with Gasteiger partial charge in [0.1, 0.15) is 6.04 Å². The van der Waals surface area contributed by atoms with Crippen LogP contribution in [0.25, 0.3) is 0 Å². The number of amides is 2. The molecule has 94 valence electrons. The Morgan fingerprint density at radius 3 is 2.88 bits per heavy atom. The number of hydrogen-bond acceptors (Lipinski definition) is 3. The highest BCUT2D eigenvalue weighted by Gasteiger charge is 2.45. The van der Waals surface area contributed by atoms with E-state index in [2.05, 4.69) is 10.6 Å². The maximum Gasteiger partial charge on any atom is 0.242 e. The predicted octanol–water partition coefficient (Wildman–Crippen LogP) is -0.526. The fourth-order valence-electron chi connectivity index (χ4n) is 3.39. The van der Waals surface area contributed by atoms with E-state index in [1.165, 1.54) is 6.42 Å². The topological polar surface area (TPSA) is 61.4 Å². The summed E-state index contributed by atoms with van der Waals surface area (Å²) >= 11 is 0. The molecule has 4 unspecified atom stereocenters. The van der Waals surface area contributed by atoms with Gasteiger partial charge in [-0.15, -0.1) is 0 Å². The summed E-state index contributed by atoms with van der Waals surface area (Å²) in [5, 5.41) is 6.27. The van der Waals surface area contributed by atoms with Gasteiger partial charge in [-0.3, -0.25) is 9.59 Å². The van der Waals surface area contributed by atoms with Gasteiger partial charge in [-0.05, 0) is 26.2 Å². The number of hydrogen-bond donors (Lipinski definition) is 2. The van der Waals surface area contributed by atoms with E-state index < -0.39 is 0 Å². The first-order chi connectivity index (χ1) is 8.16. The van der Waals surface area contributed by atoms with Crippen LogP contribution in [0.2, 0.25) is 0 Å². The molecule has 0 radical (unpaired) electrons.